The molecular formula is C21H23N3O. The number of carbonyl (C=O) groups is 1. The van der Waals surface area contributed by atoms with Gasteiger partial charge in [0.05, 0.1) is 17.6 Å². The molecule has 1 saturated heterocycles. The summed E-state index contributed by atoms with van der Waals surface area (Å²) in [5.74, 6) is 1.06. The van der Waals surface area contributed by atoms with Crippen LogP contribution in [0.25, 0.3) is 11.0 Å². The highest BCUT2D eigenvalue weighted by Crippen LogP contribution is 2.25. The van der Waals surface area contributed by atoms with Crippen molar-refractivity contribution in [1.82, 2.24) is 9.55 Å². The second-order valence-corrected chi connectivity index (χ2v) is 6.68. The summed E-state index contributed by atoms with van der Waals surface area (Å²) >= 11 is 0. The average molecular weight is 333 g/mol. The molecule has 0 atom stereocenters. The molecule has 0 radical (unpaired) electrons. The Kier molecular flexibility index (Phi) is 4.51. The van der Waals surface area contributed by atoms with Crippen molar-refractivity contribution in [2.24, 2.45) is 0 Å². The van der Waals surface area contributed by atoms with Crippen LogP contribution in [0, 0.1) is 0 Å². The minimum Gasteiger partial charge on any atom is -0.342 e. The maximum atomic E-state index is 12.8. The number of hydrogen-bond acceptors (Lipinski definition) is 3. The predicted octanol–water partition coefficient (Wildman–Crippen LogP) is 4.30. The van der Waals surface area contributed by atoms with Gasteiger partial charge in [0, 0.05) is 18.7 Å². The van der Waals surface area contributed by atoms with Gasteiger partial charge < -0.3 is 9.47 Å². The van der Waals surface area contributed by atoms with Crippen LogP contribution in [-0.2, 0) is 6.54 Å². The molecule has 25 heavy (non-hydrogen) atoms. The number of benzene rings is 2. The first-order valence-corrected chi connectivity index (χ1v) is 9.11. The number of nitrogens with zero attached hydrogens (tertiary/aromatic N) is 3. The van der Waals surface area contributed by atoms with Crippen LogP contribution in [0.3, 0.4) is 0 Å². The van der Waals surface area contributed by atoms with Gasteiger partial charge in [0.15, 0.2) is 5.78 Å². The van der Waals surface area contributed by atoms with E-state index in [4.69, 9.17) is 4.98 Å². The van der Waals surface area contributed by atoms with Gasteiger partial charge >= 0.3 is 0 Å². The lowest BCUT2D eigenvalue weighted by Gasteiger charge is -2.22. The van der Waals surface area contributed by atoms with E-state index in [9.17, 15) is 4.79 Å². The van der Waals surface area contributed by atoms with Gasteiger partial charge in [0.25, 0.3) is 0 Å². The molecule has 1 aliphatic rings. The summed E-state index contributed by atoms with van der Waals surface area (Å²) in [5.41, 5.74) is 2.75. The molecule has 4 rings (SSSR count). The molecule has 1 aromatic heterocycles. The molecule has 0 N–H and O–H groups in total. The number of carbonyl (C=O) groups excluding carboxylic acids is 1. The number of fused-ring (bicyclic) bond motifs is 1. The van der Waals surface area contributed by atoms with Crippen LogP contribution in [0.2, 0.25) is 0 Å². The van der Waals surface area contributed by atoms with Crippen molar-refractivity contribution in [3.63, 3.8) is 0 Å². The van der Waals surface area contributed by atoms with E-state index in [1.54, 1.807) is 0 Å². The van der Waals surface area contributed by atoms with E-state index in [1.807, 2.05) is 48.5 Å². The number of ketones is 1. The first-order valence-electron chi connectivity index (χ1n) is 9.11. The molecule has 1 aliphatic heterocycles. The van der Waals surface area contributed by atoms with Crippen LogP contribution < -0.4 is 4.90 Å². The summed E-state index contributed by atoms with van der Waals surface area (Å²) in [6.45, 7) is 2.36. The van der Waals surface area contributed by atoms with Crippen molar-refractivity contribution in [3.05, 3.63) is 60.2 Å². The second kappa shape index (κ2) is 7.09. The van der Waals surface area contributed by atoms with Crippen molar-refractivity contribution in [2.45, 2.75) is 32.2 Å². The van der Waals surface area contributed by atoms with Gasteiger partial charge in [0.2, 0.25) is 5.95 Å². The molecule has 3 aromatic rings. The minimum absolute atomic E-state index is 0.125. The molecule has 0 spiro atoms. The third kappa shape index (κ3) is 3.29. The topological polar surface area (TPSA) is 38.1 Å². The summed E-state index contributed by atoms with van der Waals surface area (Å²) in [7, 11) is 0. The maximum absolute atomic E-state index is 12.8. The Labute approximate surface area is 148 Å². The Balaban J connectivity index is 1.72. The van der Waals surface area contributed by atoms with Crippen LogP contribution in [0.4, 0.5) is 5.95 Å². The SMILES string of the molecule is O=C(Cn1c(N2CCCCCC2)nc2ccccc21)c1ccccc1. The van der Waals surface area contributed by atoms with Crippen molar-refractivity contribution < 1.29 is 4.79 Å². The highest BCUT2D eigenvalue weighted by molar-refractivity contribution is 5.97. The standard InChI is InChI=1S/C21H23N3O/c25-20(17-10-4-3-5-11-17)16-24-19-13-7-6-12-18(19)22-21(24)23-14-8-1-2-9-15-23/h3-7,10-13H,1-2,8-9,14-16H2. The number of hydrogen-bond donors (Lipinski definition) is 0. The fraction of sp³-hybridized carbons (Fsp3) is 0.333. The van der Waals surface area contributed by atoms with Gasteiger partial charge in [-0.25, -0.2) is 4.98 Å². The summed E-state index contributed by atoms with van der Waals surface area (Å²) in [5, 5.41) is 0. The Hall–Kier alpha value is -2.62. The Morgan fingerprint density at radius 3 is 2.32 bits per heavy atom. The van der Waals surface area contributed by atoms with Crippen molar-refractivity contribution in [3.8, 4) is 0 Å². The van der Waals surface area contributed by atoms with Gasteiger partial charge in [-0.15, -0.1) is 0 Å². The predicted molar refractivity (Wildman–Crippen MR) is 101 cm³/mol. The van der Waals surface area contributed by atoms with Gasteiger partial charge in [0.1, 0.15) is 0 Å². The van der Waals surface area contributed by atoms with Gasteiger partial charge in [-0.3, -0.25) is 4.79 Å². The van der Waals surface area contributed by atoms with Crippen LogP contribution in [0.1, 0.15) is 36.0 Å². The van der Waals surface area contributed by atoms with E-state index in [0.717, 1.165) is 35.6 Å². The summed E-state index contributed by atoms with van der Waals surface area (Å²) in [6.07, 6.45) is 4.94. The van der Waals surface area contributed by atoms with E-state index in [2.05, 4.69) is 15.5 Å². The number of rotatable bonds is 4. The van der Waals surface area contributed by atoms with E-state index in [0.29, 0.717) is 6.54 Å². The normalized spacial score (nSPS) is 15.3. The van der Waals surface area contributed by atoms with E-state index in [1.165, 1.54) is 25.7 Å². The molecule has 0 bridgehead atoms. The quantitative estimate of drug-likeness (QED) is 0.668. The number of aromatic nitrogens is 2. The molecule has 4 nitrogen and oxygen atoms in total. The lowest BCUT2D eigenvalue weighted by molar-refractivity contribution is 0.0973. The zero-order chi connectivity index (χ0) is 17.1. The first kappa shape index (κ1) is 15.9. The third-order valence-electron chi connectivity index (χ3n) is 4.92. The number of Topliss-reactive ketones (excluding diaryl/α,β-unsaturated/α-hetero) is 1. The highest BCUT2D eigenvalue weighted by atomic mass is 16.1. The van der Waals surface area contributed by atoms with Gasteiger partial charge in [-0.05, 0) is 25.0 Å². The average Bonchev–Trinajstić information content (AvgIpc) is 2.84. The van der Waals surface area contributed by atoms with Crippen LogP contribution in [0.15, 0.2) is 54.6 Å². The van der Waals surface area contributed by atoms with Crippen molar-refractivity contribution >= 4 is 22.8 Å². The molecule has 0 saturated carbocycles. The van der Waals surface area contributed by atoms with Crippen LogP contribution >= 0.6 is 0 Å². The summed E-state index contributed by atoms with van der Waals surface area (Å²) in [4.78, 5) is 20.0. The van der Waals surface area contributed by atoms with Crippen LogP contribution in [-0.4, -0.2) is 28.4 Å². The Bertz CT molecular complexity index is 861. The number of imidazole rings is 1. The zero-order valence-electron chi connectivity index (χ0n) is 14.4. The lowest BCUT2D eigenvalue weighted by Crippen LogP contribution is -2.28. The van der Waals surface area contributed by atoms with Crippen molar-refractivity contribution in [1.29, 1.82) is 0 Å². The molecule has 0 aliphatic carbocycles. The lowest BCUT2D eigenvalue weighted by atomic mass is 10.1. The molecule has 2 heterocycles. The van der Waals surface area contributed by atoms with E-state index < -0.39 is 0 Å². The largest absolute Gasteiger partial charge is 0.342 e. The number of para-hydroxylation sites is 2. The molecule has 1 fully saturated rings. The Morgan fingerprint density at radius 1 is 0.880 bits per heavy atom. The van der Waals surface area contributed by atoms with E-state index in [-0.39, 0.29) is 5.78 Å². The molecule has 0 unspecified atom stereocenters. The molecule has 0 amide bonds. The fourth-order valence-corrected chi connectivity index (χ4v) is 3.59. The highest BCUT2D eigenvalue weighted by Gasteiger charge is 2.20. The maximum Gasteiger partial charge on any atom is 0.206 e. The molecule has 4 heteroatoms. The molecule has 2 aromatic carbocycles. The van der Waals surface area contributed by atoms with E-state index >= 15 is 0 Å². The molecular weight excluding hydrogens is 310 g/mol. The van der Waals surface area contributed by atoms with Gasteiger partial charge in [-0.2, -0.15) is 0 Å². The monoisotopic (exact) mass is 333 g/mol. The minimum atomic E-state index is 0.125. The first-order chi connectivity index (χ1) is 12.3. The Morgan fingerprint density at radius 2 is 1.56 bits per heavy atom. The van der Waals surface area contributed by atoms with Crippen molar-refractivity contribution in [2.75, 3.05) is 18.0 Å². The zero-order valence-corrected chi connectivity index (χ0v) is 14.4. The second-order valence-electron chi connectivity index (χ2n) is 6.68. The van der Waals surface area contributed by atoms with Crippen LogP contribution in [0.5, 0.6) is 0 Å². The third-order valence-corrected chi connectivity index (χ3v) is 4.92. The summed E-state index contributed by atoms with van der Waals surface area (Å²) in [6, 6.07) is 17.6. The summed E-state index contributed by atoms with van der Waals surface area (Å²) < 4.78 is 2.09. The fourth-order valence-electron chi connectivity index (χ4n) is 3.59. The van der Waals surface area contributed by atoms with Gasteiger partial charge in [-0.1, -0.05) is 55.3 Å². The number of anilines is 1. The smallest absolute Gasteiger partial charge is 0.206 e. The molecule has 128 valence electrons.